The molecule has 0 saturated carbocycles. The lowest BCUT2D eigenvalue weighted by Gasteiger charge is -2.02. The molecule has 0 unspecified atom stereocenters. The summed E-state index contributed by atoms with van der Waals surface area (Å²) >= 11 is 12.6. The van der Waals surface area contributed by atoms with E-state index in [0.29, 0.717) is 10.4 Å². The Kier molecular flexibility index (Phi) is 3.55. The monoisotopic (exact) mass is 223 g/mol. The normalized spacial score (nSPS) is 10.8. The van der Waals surface area contributed by atoms with E-state index in [2.05, 4.69) is 15.0 Å². The molecule has 12 heavy (non-hydrogen) atoms. The summed E-state index contributed by atoms with van der Waals surface area (Å²) in [5.74, 6) is 0. The summed E-state index contributed by atoms with van der Waals surface area (Å²) in [6.07, 6.45) is 0. The Morgan fingerprint density at radius 2 is 1.58 bits per heavy atom. The minimum atomic E-state index is 0.137. The highest BCUT2D eigenvalue weighted by molar-refractivity contribution is 7.99. The standard InChI is InChI=1S/C6H7Cl2N3S/c1-3(2)12-6-10-4(7)9-5(8)11-6/h3H,1-2H3. The highest BCUT2D eigenvalue weighted by Crippen LogP contribution is 2.20. The first-order chi connectivity index (χ1) is 5.58. The van der Waals surface area contributed by atoms with Crippen LogP contribution in [0.2, 0.25) is 10.6 Å². The Balaban J connectivity index is 2.85. The summed E-state index contributed by atoms with van der Waals surface area (Å²) in [5, 5.41) is 1.24. The van der Waals surface area contributed by atoms with Crippen LogP contribution in [0.25, 0.3) is 0 Å². The van der Waals surface area contributed by atoms with Crippen molar-refractivity contribution in [3.05, 3.63) is 10.6 Å². The third kappa shape index (κ3) is 3.13. The molecule has 66 valence electrons. The maximum absolute atomic E-state index is 5.57. The van der Waals surface area contributed by atoms with Crippen molar-refractivity contribution in [3.63, 3.8) is 0 Å². The maximum Gasteiger partial charge on any atom is 0.227 e. The van der Waals surface area contributed by atoms with Crippen LogP contribution in [0.3, 0.4) is 0 Å². The SMILES string of the molecule is CC(C)Sc1nc(Cl)nc(Cl)n1. The Morgan fingerprint density at radius 1 is 1.08 bits per heavy atom. The van der Waals surface area contributed by atoms with Gasteiger partial charge in [0.25, 0.3) is 0 Å². The van der Waals surface area contributed by atoms with E-state index < -0.39 is 0 Å². The first-order valence-corrected chi connectivity index (χ1v) is 4.95. The van der Waals surface area contributed by atoms with Crippen LogP contribution in [0.5, 0.6) is 0 Å². The maximum atomic E-state index is 5.57. The van der Waals surface area contributed by atoms with E-state index in [1.165, 1.54) is 11.8 Å². The van der Waals surface area contributed by atoms with Crippen molar-refractivity contribution in [1.82, 2.24) is 15.0 Å². The molecule has 3 nitrogen and oxygen atoms in total. The van der Waals surface area contributed by atoms with E-state index in [1.54, 1.807) is 0 Å². The molecule has 0 amide bonds. The molecule has 1 aromatic rings. The molecule has 0 saturated heterocycles. The average molecular weight is 224 g/mol. The molecule has 6 heteroatoms. The first-order valence-electron chi connectivity index (χ1n) is 3.31. The topological polar surface area (TPSA) is 38.7 Å². The lowest BCUT2D eigenvalue weighted by molar-refractivity contribution is 0.897. The van der Waals surface area contributed by atoms with Gasteiger partial charge in [-0.15, -0.1) is 0 Å². The number of hydrogen-bond acceptors (Lipinski definition) is 4. The third-order valence-corrected chi connectivity index (χ3v) is 2.10. The highest BCUT2D eigenvalue weighted by atomic mass is 35.5. The van der Waals surface area contributed by atoms with Crippen molar-refractivity contribution >= 4 is 35.0 Å². The molecular weight excluding hydrogens is 217 g/mol. The third-order valence-electron chi connectivity index (χ3n) is 0.901. The fourth-order valence-electron chi connectivity index (χ4n) is 0.572. The van der Waals surface area contributed by atoms with Crippen LogP contribution in [0.15, 0.2) is 5.16 Å². The molecule has 0 spiro atoms. The number of aromatic nitrogens is 3. The van der Waals surface area contributed by atoms with Gasteiger partial charge in [0, 0.05) is 5.25 Å². The lowest BCUT2D eigenvalue weighted by Crippen LogP contribution is -1.95. The zero-order chi connectivity index (χ0) is 9.14. The minimum absolute atomic E-state index is 0.137. The van der Waals surface area contributed by atoms with Gasteiger partial charge in [-0.05, 0) is 23.2 Å². The van der Waals surface area contributed by atoms with Crippen LogP contribution < -0.4 is 0 Å². The van der Waals surface area contributed by atoms with Gasteiger partial charge < -0.3 is 0 Å². The van der Waals surface area contributed by atoms with Gasteiger partial charge in [0.2, 0.25) is 10.6 Å². The molecule has 0 atom stereocenters. The quantitative estimate of drug-likeness (QED) is 0.724. The van der Waals surface area contributed by atoms with Crippen molar-refractivity contribution in [2.24, 2.45) is 0 Å². The highest BCUT2D eigenvalue weighted by Gasteiger charge is 2.05. The minimum Gasteiger partial charge on any atom is -0.192 e. The summed E-state index contributed by atoms with van der Waals surface area (Å²) in [6, 6.07) is 0. The zero-order valence-corrected chi connectivity index (χ0v) is 8.91. The Labute approximate surface area is 84.9 Å². The molecule has 0 aliphatic heterocycles. The summed E-state index contributed by atoms with van der Waals surface area (Å²) in [7, 11) is 0. The van der Waals surface area contributed by atoms with E-state index in [9.17, 15) is 0 Å². The van der Waals surface area contributed by atoms with E-state index in [0.717, 1.165) is 0 Å². The van der Waals surface area contributed by atoms with Gasteiger partial charge >= 0.3 is 0 Å². The van der Waals surface area contributed by atoms with Gasteiger partial charge in [-0.25, -0.2) is 0 Å². The van der Waals surface area contributed by atoms with Crippen molar-refractivity contribution in [2.45, 2.75) is 24.3 Å². The van der Waals surface area contributed by atoms with Gasteiger partial charge in [0.05, 0.1) is 0 Å². The molecule has 1 rings (SSSR count). The molecule has 0 N–H and O–H groups in total. The largest absolute Gasteiger partial charge is 0.227 e. The second kappa shape index (κ2) is 4.25. The summed E-state index contributed by atoms with van der Waals surface area (Å²) in [4.78, 5) is 11.4. The molecule has 0 bridgehead atoms. The van der Waals surface area contributed by atoms with Crippen LogP contribution in [-0.4, -0.2) is 20.2 Å². The number of hydrogen-bond donors (Lipinski definition) is 0. The summed E-state index contributed by atoms with van der Waals surface area (Å²) in [5.41, 5.74) is 0. The number of nitrogens with zero attached hydrogens (tertiary/aromatic N) is 3. The van der Waals surface area contributed by atoms with Gasteiger partial charge in [-0.3, -0.25) is 0 Å². The smallest absolute Gasteiger partial charge is 0.192 e. The van der Waals surface area contributed by atoms with Gasteiger partial charge in [-0.2, -0.15) is 15.0 Å². The lowest BCUT2D eigenvalue weighted by atomic mass is 10.6. The van der Waals surface area contributed by atoms with Crippen molar-refractivity contribution in [2.75, 3.05) is 0 Å². The molecule has 1 heterocycles. The molecule has 0 aliphatic rings. The van der Waals surface area contributed by atoms with Crippen molar-refractivity contribution in [1.29, 1.82) is 0 Å². The van der Waals surface area contributed by atoms with Crippen LogP contribution in [-0.2, 0) is 0 Å². The molecule has 0 fully saturated rings. The molecule has 0 aromatic carbocycles. The van der Waals surface area contributed by atoms with Gasteiger partial charge in [-0.1, -0.05) is 25.6 Å². The van der Waals surface area contributed by atoms with Gasteiger partial charge in [0.15, 0.2) is 5.16 Å². The predicted molar refractivity (Wildman–Crippen MR) is 50.8 cm³/mol. The fourth-order valence-corrected chi connectivity index (χ4v) is 1.74. The molecule has 0 radical (unpaired) electrons. The molecular formula is C6H7Cl2N3S. The second-order valence-corrected chi connectivity index (χ2v) is 4.54. The molecule has 1 aromatic heterocycles. The van der Waals surface area contributed by atoms with E-state index >= 15 is 0 Å². The number of halogens is 2. The Hall–Kier alpha value is -0.0600. The van der Waals surface area contributed by atoms with Crippen molar-refractivity contribution in [3.8, 4) is 0 Å². The summed E-state index contributed by atoms with van der Waals surface area (Å²) < 4.78 is 0. The van der Waals surface area contributed by atoms with Gasteiger partial charge in [0.1, 0.15) is 0 Å². The summed E-state index contributed by atoms with van der Waals surface area (Å²) in [6.45, 7) is 4.08. The van der Waals surface area contributed by atoms with Crippen LogP contribution in [0.4, 0.5) is 0 Å². The Bertz CT molecular complexity index is 259. The number of thioether (sulfide) groups is 1. The predicted octanol–water partition coefficient (Wildman–Crippen LogP) is 2.68. The van der Waals surface area contributed by atoms with Crippen LogP contribution in [0, 0.1) is 0 Å². The average Bonchev–Trinajstić information content (AvgIpc) is 1.81. The van der Waals surface area contributed by atoms with E-state index in [1.807, 2.05) is 13.8 Å². The van der Waals surface area contributed by atoms with E-state index in [-0.39, 0.29) is 10.6 Å². The van der Waals surface area contributed by atoms with Crippen LogP contribution in [0.1, 0.15) is 13.8 Å². The fraction of sp³-hybridized carbons (Fsp3) is 0.500. The zero-order valence-electron chi connectivity index (χ0n) is 6.58. The Morgan fingerprint density at radius 3 is 2.00 bits per heavy atom. The first kappa shape index (κ1) is 10.0. The number of rotatable bonds is 2. The molecule has 0 aliphatic carbocycles. The van der Waals surface area contributed by atoms with Crippen LogP contribution >= 0.6 is 35.0 Å². The second-order valence-electron chi connectivity index (χ2n) is 2.32. The van der Waals surface area contributed by atoms with E-state index in [4.69, 9.17) is 23.2 Å². The van der Waals surface area contributed by atoms with Crippen molar-refractivity contribution < 1.29 is 0 Å².